The maximum atomic E-state index is 14.0. The predicted octanol–water partition coefficient (Wildman–Crippen LogP) is 2.77. The highest BCUT2D eigenvalue weighted by Crippen LogP contribution is 2.43. The van der Waals surface area contributed by atoms with E-state index in [4.69, 9.17) is 4.74 Å². The Balaban J connectivity index is 2.01. The first-order valence-electron chi connectivity index (χ1n) is 11.1. The van der Waals surface area contributed by atoms with Gasteiger partial charge in [0.05, 0.1) is 18.5 Å². The van der Waals surface area contributed by atoms with Gasteiger partial charge in [0.2, 0.25) is 5.66 Å². The Morgan fingerprint density at radius 3 is 2.26 bits per heavy atom. The largest absolute Gasteiger partial charge is 0.468 e. The molecule has 1 N–H and O–H groups in total. The number of imide groups is 1. The number of nitrogens with one attached hydrogen (secondary N) is 1. The molecule has 0 bridgehead atoms. The van der Waals surface area contributed by atoms with Gasteiger partial charge in [-0.1, -0.05) is 30.3 Å². The fourth-order valence-corrected chi connectivity index (χ4v) is 4.65. The molecule has 0 fully saturated rings. The lowest BCUT2D eigenvalue weighted by molar-refractivity contribution is -0.144. The van der Waals surface area contributed by atoms with Crippen LogP contribution in [0.1, 0.15) is 29.7 Å². The number of anilines is 2. The van der Waals surface area contributed by atoms with Crippen LogP contribution in [0.3, 0.4) is 0 Å². The summed E-state index contributed by atoms with van der Waals surface area (Å²) in [5.41, 5.74) is 2.76. The summed E-state index contributed by atoms with van der Waals surface area (Å²) >= 11 is 0. The van der Waals surface area contributed by atoms with Crippen molar-refractivity contribution in [2.75, 3.05) is 37.5 Å². The molecule has 9 nitrogen and oxygen atoms in total. The van der Waals surface area contributed by atoms with Gasteiger partial charge >= 0.3 is 12.0 Å². The fourth-order valence-electron chi connectivity index (χ4n) is 4.65. The number of urea groups is 1. The van der Waals surface area contributed by atoms with E-state index in [1.165, 1.54) is 14.2 Å². The molecule has 2 aliphatic rings. The number of benzene rings is 2. The molecule has 2 heterocycles. The lowest BCUT2D eigenvalue weighted by Gasteiger charge is -2.54. The molecule has 0 aliphatic carbocycles. The number of amides is 3. The summed E-state index contributed by atoms with van der Waals surface area (Å²) in [4.78, 5) is 48.6. The third-order valence-electron chi connectivity index (χ3n) is 6.63. The summed E-state index contributed by atoms with van der Waals surface area (Å²) in [5, 5.41) is 3.28. The maximum absolute atomic E-state index is 14.0. The Morgan fingerprint density at radius 1 is 1.06 bits per heavy atom. The first kappa shape index (κ1) is 23.4. The summed E-state index contributed by atoms with van der Waals surface area (Å²) < 4.78 is 5.10. The number of fused-ring (bicyclic) bond motifs is 2. The van der Waals surface area contributed by atoms with Crippen LogP contribution in [0.4, 0.5) is 16.2 Å². The molecule has 4 rings (SSSR count). The van der Waals surface area contributed by atoms with Gasteiger partial charge in [-0.3, -0.25) is 15.0 Å². The predicted molar refractivity (Wildman–Crippen MR) is 130 cm³/mol. The number of hydrogen-bond donors (Lipinski definition) is 1. The van der Waals surface area contributed by atoms with Crippen LogP contribution < -0.4 is 15.1 Å². The smallest absolute Gasteiger partial charge is 0.351 e. The van der Waals surface area contributed by atoms with Gasteiger partial charge in [-0.25, -0.2) is 9.59 Å². The first-order chi connectivity index (χ1) is 16.2. The number of hydrogen-bond acceptors (Lipinski definition) is 7. The van der Waals surface area contributed by atoms with E-state index in [1.54, 1.807) is 24.1 Å². The second-order valence-electron chi connectivity index (χ2n) is 8.53. The molecule has 0 aromatic heterocycles. The van der Waals surface area contributed by atoms with Gasteiger partial charge in [-0.05, 0) is 49.6 Å². The number of nitrogens with zero attached hydrogens (tertiary/aromatic N) is 4. The summed E-state index contributed by atoms with van der Waals surface area (Å²) in [6, 6.07) is 11.4. The maximum Gasteiger partial charge on any atom is 0.351 e. The van der Waals surface area contributed by atoms with E-state index in [0.717, 1.165) is 27.4 Å². The van der Waals surface area contributed by atoms with Crippen LogP contribution >= 0.6 is 0 Å². The van der Waals surface area contributed by atoms with Gasteiger partial charge < -0.3 is 14.5 Å². The number of carbonyl (C=O) groups excluding carboxylic acids is 3. The minimum Gasteiger partial charge on any atom is -0.468 e. The normalized spacial score (nSPS) is 20.5. The Labute approximate surface area is 199 Å². The SMILES string of the molecule is CCN1c2cc(C)c(C)cc2N(C)C2=NC(=O)N(C)C(=O)C21NC(C(=O)OC)c1ccccc1. The lowest BCUT2D eigenvalue weighted by Crippen LogP contribution is -2.79. The molecule has 2 aromatic rings. The second kappa shape index (κ2) is 8.57. The van der Waals surface area contributed by atoms with E-state index in [0.29, 0.717) is 12.1 Å². The highest BCUT2D eigenvalue weighted by Gasteiger charge is 2.60. The first-order valence-corrected chi connectivity index (χ1v) is 11.1. The molecule has 9 heteroatoms. The minimum absolute atomic E-state index is 0.211. The molecule has 0 spiro atoms. The van der Waals surface area contributed by atoms with Crippen molar-refractivity contribution in [2.24, 2.45) is 4.99 Å². The Hall–Kier alpha value is -3.72. The van der Waals surface area contributed by atoms with E-state index >= 15 is 0 Å². The van der Waals surface area contributed by atoms with Crippen molar-refractivity contribution in [1.29, 1.82) is 0 Å². The van der Waals surface area contributed by atoms with Crippen molar-refractivity contribution in [3.63, 3.8) is 0 Å². The molecular formula is C25H29N5O4. The highest BCUT2D eigenvalue weighted by molar-refractivity contribution is 6.30. The van der Waals surface area contributed by atoms with Crippen LogP contribution in [-0.4, -0.2) is 62.1 Å². The fraction of sp³-hybridized carbons (Fsp3) is 0.360. The molecular weight excluding hydrogens is 434 g/mol. The molecule has 3 amide bonds. The van der Waals surface area contributed by atoms with Crippen LogP contribution in [-0.2, 0) is 14.3 Å². The topological polar surface area (TPSA) is 94.5 Å². The number of rotatable bonds is 5. The molecule has 178 valence electrons. The molecule has 2 atom stereocenters. The van der Waals surface area contributed by atoms with E-state index in [2.05, 4.69) is 10.3 Å². The summed E-state index contributed by atoms with van der Waals surface area (Å²) in [5.74, 6) is -0.871. The second-order valence-corrected chi connectivity index (χ2v) is 8.53. The van der Waals surface area contributed by atoms with Crippen molar-refractivity contribution in [3.8, 4) is 0 Å². The zero-order valence-corrected chi connectivity index (χ0v) is 20.2. The molecule has 0 radical (unpaired) electrons. The number of carbonyl (C=O) groups is 3. The monoisotopic (exact) mass is 463 g/mol. The number of methoxy groups -OCH3 is 1. The van der Waals surface area contributed by atoms with Gasteiger partial charge in [-0.2, -0.15) is 4.99 Å². The van der Waals surface area contributed by atoms with Crippen LogP contribution in [0.15, 0.2) is 47.5 Å². The summed E-state index contributed by atoms with van der Waals surface area (Å²) in [6.45, 7) is 6.35. The van der Waals surface area contributed by atoms with Gasteiger partial charge in [0, 0.05) is 20.6 Å². The number of amidine groups is 1. The zero-order valence-electron chi connectivity index (χ0n) is 20.2. The van der Waals surface area contributed by atoms with Crippen molar-refractivity contribution in [1.82, 2.24) is 10.2 Å². The standard InChI is InChI=1S/C25H29N5O4/c1-7-30-19-14-16(3)15(2)13-18(19)28(4)22-25(30,23(32)29(5)24(33)26-22)27-20(21(31)34-6)17-11-9-8-10-12-17/h8-14,20,27H,7H2,1-6H3. The lowest BCUT2D eigenvalue weighted by atomic mass is 9.92. The summed E-state index contributed by atoms with van der Waals surface area (Å²) in [7, 11) is 4.47. The Bertz CT molecular complexity index is 1200. The molecule has 34 heavy (non-hydrogen) atoms. The average Bonchev–Trinajstić information content (AvgIpc) is 2.84. The van der Waals surface area contributed by atoms with Crippen LogP contribution in [0.5, 0.6) is 0 Å². The average molecular weight is 464 g/mol. The van der Waals surface area contributed by atoms with Crippen molar-refractivity contribution < 1.29 is 19.1 Å². The number of esters is 1. The molecule has 2 aliphatic heterocycles. The van der Waals surface area contributed by atoms with Crippen LogP contribution in [0.25, 0.3) is 0 Å². The highest BCUT2D eigenvalue weighted by atomic mass is 16.5. The van der Waals surface area contributed by atoms with Crippen molar-refractivity contribution in [2.45, 2.75) is 32.5 Å². The number of ether oxygens (including phenoxy) is 1. The minimum atomic E-state index is -1.62. The van der Waals surface area contributed by atoms with E-state index < -0.39 is 29.6 Å². The molecule has 0 saturated carbocycles. The van der Waals surface area contributed by atoms with Gasteiger partial charge in [-0.15, -0.1) is 0 Å². The molecule has 2 aromatic carbocycles. The Kier molecular flexibility index (Phi) is 5.91. The quantitative estimate of drug-likeness (QED) is 0.682. The van der Waals surface area contributed by atoms with E-state index in [9.17, 15) is 14.4 Å². The Morgan fingerprint density at radius 2 is 1.68 bits per heavy atom. The summed E-state index contributed by atoms with van der Waals surface area (Å²) in [6.07, 6.45) is 0. The third-order valence-corrected chi connectivity index (χ3v) is 6.63. The van der Waals surface area contributed by atoms with Gasteiger partial charge in [0.15, 0.2) is 5.84 Å². The van der Waals surface area contributed by atoms with Crippen LogP contribution in [0.2, 0.25) is 0 Å². The number of likely N-dealkylation sites (N-methyl/N-ethyl adjacent to an activating group) is 3. The van der Waals surface area contributed by atoms with E-state index in [-0.39, 0.29) is 5.84 Å². The van der Waals surface area contributed by atoms with Crippen molar-refractivity contribution >= 4 is 35.1 Å². The number of aryl methyl sites for hydroxylation is 2. The third kappa shape index (κ3) is 3.35. The van der Waals surface area contributed by atoms with Gasteiger partial charge in [0.1, 0.15) is 6.04 Å². The van der Waals surface area contributed by atoms with Crippen LogP contribution in [0, 0.1) is 13.8 Å². The van der Waals surface area contributed by atoms with E-state index in [1.807, 2.05) is 56.0 Å². The number of aliphatic imine (C=N–C) groups is 1. The van der Waals surface area contributed by atoms with Crippen molar-refractivity contribution in [3.05, 3.63) is 59.2 Å². The van der Waals surface area contributed by atoms with Gasteiger partial charge in [0.25, 0.3) is 5.91 Å². The molecule has 2 unspecified atom stereocenters. The zero-order chi connectivity index (χ0) is 24.8. The molecule has 0 saturated heterocycles.